The fourth-order valence-corrected chi connectivity index (χ4v) is 4.97. The van der Waals surface area contributed by atoms with Crippen LogP contribution in [-0.2, 0) is 9.47 Å². The lowest BCUT2D eigenvalue weighted by Crippen LogP contribution is -2.80. The molecule has 3 fully saturated rings. The zero-order valence-electron chi connectivity index (χ0n) is 14.2. The van der Waals surface area contributed by atoms with E-state index < -0.39 is 0 Å². The van der Waals surface area contributed by atoms with Crippen LogP contribution >= 0.6 is 0 Å². The number of nitrogens with zero attached hydrogens (tertiary/aromatic N) is 1. The number of hydrogen-bond acceptors (Lipinski definition) is 4. The van der Waals surface area contributed by atoms with Gasteiger partial charge in [-0.1, -0.05) is 13.8 Å². The van der Waals surface area contributed by atoms with E-state index in [0.717, 1.165) is 39.1 Å². The van der Waals surface area contributed by atoms with Crippen molar-refractivity contribution in [2.24, 2.45) is 17.1 Å². The molecule has 1 aliphatic carbocycles. The standard InChI is InChI=1S/C17H32N2O2/c1-15(2)14-13(7-5-10-21-14)17(15,18)12-19-9-6-8-16(3,11-19)20-4/h13-14H,5-12,18H2,1-4H3. The predicted molar refractivity (Wildman–Crippen MR) is 84.3 cm³/mol. The van der Waals surface area contributed by atoms with Gasteiger partial charge in [0.05, 0.1) is 11.7 Å². The van der Waals surface area contributed by atoms with Gasteiger partial charge in [-0.15, -0.1) is 0 Å². The molecule has 0 amide bonds. The average molecular weight is 296 g/mol. The highest BCUT2D eigenvalue weighted by Gasteiger charge is 2.66. The van der Waals surface area contributed by atoms with Crippen molar-refractivity contribution in [2.45, 2.75) is 63.7 Å². The van der Waals surface area contributed by atoms with Crippen molar-refractivity contribution in [3.05, 3.63) is 0 Å². The second kappa shape index (κ2) is 5.19. The molecular formula is C17H32N2O2. The van der Waals surface area contributed by atoms with Gasteiger partial charge in [0, 0.05) is 43.7 Å². The van der Waals surface area contributed by atoms with Crippen LogP contribution in [0.4, 0.5) is 0 Å². The monoisotopic (exact) mass is 296 g/mol. The molecule has 122 valence electrons. The Morgan fingerprint density at radius 3 is 2.76 bits per heavy atom. The van der Waals surface area contributed by atoms with Crippen LogP contribution in [0, 0.1) is 11.3 Å². The molecule has 4 atom stereocenters. The van der Waals surface area contributed by atoms with E-state index >= 15 is 0 Å². The van der Waals surface area contributed by atoms with Gasteiger partial charge in [-0.05, 0) is 39.2 Å². The second-order valence-electron chi connectivity index (χ2n) is 8.27. The van der Waals surface area contributed by atoms with E-state index in [1.54, 1.807) is 0 Å². The van der Waals surface area contributed by atoms with Crippen molar-refractivity contribution < 1.29 is 9.47 Å². The summed E-state index contributed by atoms with van der Waals surface area (Å²) < 4.78 is 11.7. The van der Waals surface area contributed by atoms with E-state index in [2.05, 4.69) is 25.7 Å². The number of ether oxygens (including phenoxy) is 2. The van der Waals surface area contributed by atoms with Gasteiger partial charge in [-0.2, -0.15) is 0 Å². The van der Waals surface area contributed by atoms with Crippen LogP contribution in [0.2, 0.25) is 0 Å². The molecule has 0 aromatic heterocycles. The third-order valence-electron chi connectivity index (χ3n) is 6.61. The molecule has 3 aliphatic rings. The van der Waals surface area contributed by atoms with Gasteiger partial charge < -0.3 is 15.2 Å². The quantitative estimate of drug-likeness (QED) is 0.865. The third-order valence-corrected chi connectivity index (χ3v) is 6.61. The normalized spacial score (nSPS) is 46.7. The first kappa shape index (κ1) is 15.7. The van der Waals surface area contributed by atoms with Crippen LogP contribution < -0.4 is 5.73 Å². The molecule has 2 saturated heterocycles. The van der Waals surface area contributed by atoms with Crippen LogP contribution in [-0.4, -0.2) is 55.5 Å². The number of fused-ring (bicyclic) bond motifs is 1. The summed E-state index contributed by atoms with van der Waals surface area (Å²) in [5.74, 6) is 0.525. The minimum absolute atomic E-state index is 0.00896. The van der Waals surface area contributed by atoms with Crippen molar-refractivity contribution in [3.8, 4) is 0 Å². The zero-order chi connectivity index (χ0) is 15.3. The topological polar surface area (TPSA) is 47.7 Å². The highest BCUT2D eigenvalue weighted by atomic mass is 16.5. The Labute approximate surface area is 129 Å². The Morgan fingerprint density at radius 1 is 1.29 bits per heavy atom. The lowest BCUT2D eigenvalue weighted by molar-refractivity contribution is -0.234. The summed E-state index contributed by atoms with van der Waals surface area (Å²) in [4.78, 5) is 2.53. The lowest BCUT2D eigenvalue weighted by atomic mass is 9.46. The average Bonchev–Trinajstić information content (AvgIpc) is 2.47. The van der Waals surface area contributed by atoms with Crippen LogP contribution in [0.1, 0.15) is 46.5 Å². The van der Waals surface area contributed by atoms with Crippen molar-refractivity contribution >= 4 is 0 Å². The minimum Gasteiger partial charge on any atom is -0.377 e. The molecule has 0 aromatic rings. The first-order valence-electron chi connectivity index (χ1n) is 8.50. The highest BCUT2D eigenvalue weighted by molar-refractivity contribution is 5.21. The zero-order valence-corrected chi connectivity index (χ0v) is 14.2. The molecule has 4 nitrogen and oxygen atoms in total. The summed E-state index contributed by atoms with van der Waals surface area (Å²) in [7, 11) is 1.83. The molecule has 4 heteroatoms. The predicted octanol–water partition coefficient (Wildman–Crippen LogP) is 2.02. The Balaban J connectivity index is 1.71. The molecule has 1 saturated carbocycles. The van der Waals surface area contributed by atoms with Crippen LogP contribution in [0.3, 0.4) is 0 Å². The van der Waals surface area contributed by atoms with Crippen molar-refractivity contribution in [1.29, 1.82) is 0 Å². The molecule has 2 aliphatic heterocycles. The summed E-state index contributed by atoms with van der Waals surface area (Å²) >= 11 is 0. The summed E-state index contributed by atoms with van der Waals surface area (Å²) in [6, 6.07) is 0. The van der Waals surface area contributed by atoms with E-state index in [1.807, 2.05) is 7.11 Å². The molecule has 2 heterocycles. The van der Waals surface area contributed by atoms with Gasteiger partial charge in [0.15, 0.2) is 0 Å². The fraction of sp³-hybridized carbons (Fsp3) is 1.00. The number of methoxy groups -OCH3 is 1. The van der Waals surface area contributed by atoms with Crippen molar-refractivity contribution in [1.82, 2.24) is 4.90 Å². The van der Waals surface area contributed by atoms with Gasteiger partial charge in [-0.25, -0.2) is 0 Å². The SMILES string of the molecule is COC1(C)CCCN(CC2(N)C3CCCOC3C2(C)C)C1. The van der Waals surface area contributed by atoms with Crippen LogP contribution in [0.25, 0.3) is 0 Å². The molecular weight excluding hydrogens is 264 g/mol. The second-order valence-corrected chi connectivity index (χ2v) is 8.27. The first-order valence-corrected chi connectivity index (χ1v) is 8.50. The molecule has 21 heavy (non-hydrogen) atoms. The van der Waals surface area contributed by atoms with Crippen LogP contribution in [0.5, 0.6) is 0 Å². The van der Waals surface area contributed by atoms with E-state index in [1.165, 1.54) is 12.8 Å². The van der Waals surface area contributed by atoms with Gasteiger partial charge >= 0.3 is 0 Å². The maximum absolute atomic E-state index is 6.93. The van der Waals surface area contributed by atoms with Gasteiger partial charge in [0.25, 0.3) is 0 Å². The molecule has 2 N–H and O–H groups in total. The Bertz CT molecular complexity index is 400. The maximum atomic E-state index is 6.93. The van der Waals surface area contributed by atoms with Crippen molar-refractivity contribution in [2.75, 3.05) is 33.4 Å². The van der Waals surface area contributed by atoms with E-state index in [4.69, 9.17) is 15.2 Å². The molecule has 0 bridgehead atoms. The molecule has 3 rings (SSSR count). The number of nitrogens with two attached hydrogens (primary N) is 1. The van der Waals surface area contributed by atoms with Gasteiger partial charge in [0.1, 0.15) is 0 Å². The molecule has 0 aromatic carbocycles. The Morgan fingerprint density at radius 2 is 2.05 bits per heavy atom. The Kier molecular flexibility index (Phi) is 3.89. The molecule has 4 unspecified atom stereocenters. The highest BCUT2D eigenvalue weighted by Crippen LogP contribution is 2.57. The van der Waals surface area contributed by atoms with Crippen LogP contribution in [0.15, 0.2) is 0 Å². The molecule has 0 radical (unpaired) electrons. The van der Waals surface area contributed by atoms with Crippen molar-refractivity contribution in [3.63, 3.8) is 0 Å². The number of piperidine rings is 1. The maximum Gasteiger partial charge on any atom is 0.0777 e. The van der Waals surface area contributed by atoms with E-state index in [-0.39, 0.29) is 16.6 Å². The number of hydrogen-bond donors (Lipinski definition) is 1. The largest absolute Gasteiger partial charge is 0.377 e. The minimum atomic E-state index is -0.121. The summed E-state index contributed by atoms with van der Waals surface area (Å²) in [6.45, 7) is 10.8. The third kappa shape index (κ3) is 2.35. The van der Waals surface area contributed by atoms with E-state index in [0.29, 0.717) is 12.0 Å². The molecule has 0 spiro atoms. The van der Waals surface area contributed by atoms with E-state index in [9.17, 15) is 0 Å². The van der Waals surface area contributed by atoms with Gasteiger partial charge in [0.2, 0.25) is 0 Å². The first-order chi connectivity index (χ1) is 9.82. The summed E-state index contributed by atoms with van der Waals surface area (Å²) in [5.41, 5.74) is 6.87. The van der Waals surface area contributed by atoms with Gasteiger partial charge in [-0.3, -0.25) is 4.90 Å². The summed E-state index contributed by atoms with van der Waals surface area (Å²) in [5, 5.41) is 0. The smallest absolute Gasteiger partial charge is 0.0777 e. The summed E-state index contributed by atoms with van der Waals surface area (Å²) in [6.07, 6.45) is 5.09. The lowest BCUT2D eigenvalue weighted by Gasteiger charge is -2.67. The number of rotatable bonds is 3. The Hall–Kier alpha value is -0.160. The number of likely N-dealkylation sites (tertiary alicyclic amines) is 1. The fourth-order valence-electron chi connectivity index (χ4n) is 4.97.